The highest BCUT2D eigenvalue weighted by Crippen LogP contribution is 2.16. The van der Waals surface area contributed by atoms with Gasteiger partial charge in [0.15, 0.2) is 0 Å². The second kappa shape index (κ2) is 8.28. The van der Waals surface area contributed by atoms with E-state index < -0.39 is 0 Å². The van der Waals surface area contributed by atoms with Crippen molar-refractivity contribution in [3.05, 3.63) is 29.8 Å². The Morgan fingerprint density at radius 2 is 1.58 bits per heavy atom. The molecule has 0 aliphatic rings. The third kappa shape index (κ3) is 5.29. The van der Waals surface area contributed by atoms with Crippen LogP contribution >= 0.6 is 23.2 Å². The molecule has 0 spiro atoms. The molecule has 0 aliphatic carbocycles. The normalized spacial score (nSPS) is 10.3. The fourth-order valence-electron chi connectivity index (χ4n) is 1.73. The van der Waals surface area contributed by atoms with Gasteiger partial charge in [0.05, 0.1) is 6.42 Å². The average Bonchev–Trinajstić information content (AvgIpc) is 2.39. The van der Waals surface area contributed by atoms with E-state index in [9.17, 15) is 4.79 Å². The Labute approximate surface area is 125 Å². The Morgan fingerprint density at radius 1 is 1.05 bits per heavy atom. The lowest BCUT2D eigenvalue weighted by atomic mass is 10.1. The molecule has 0 aliphatic heterocycles. The summed E-state index contributed by atoms with van der Waals surface area (Å²) in [6, 6.07) is 7.98. The number of rotatable bonds is 7. The summed E-state index contributed by atoms with van der Waals surface area (Å²) in [6.07, 6.45) is 0.429. The van der Waals surface area contributed by atoms with E-state index in [1.807, 2.05) is 24.3 Å². The molecule has 0 aromatic heterocycles. The number of hydrogen-bond acceptors (Lipinski definition) is 2. The molecular formula is C14H20Cl2N2O. The lowest BCUT2D eigenvalue weighted by molar-refractivity contribution is -0.127. The van der Waals surface area contributed by atoms with Crippen molar-refractivity contribution in [1.29, 1.82) is 0 Å². The maximum atomic E-state index is 11.6. The van der Waals surface area contributed by atoms with E-state index in [0.717, 1.165) is 24.3 Å². The van der Waals surface area contributed by atoms with Crippen LogP contribution in [0.3, 0.4) is 0 Å². The molecule has 5 heteroatoms. The molecule has 1 aromatic rings. The average molecular weight is 303 g/mol. The summed E-state index contributed by atoms with van der Waals surface area (Å²) >= 11 is 11.6. The molecule has 0 fully saturated rings. The van der Waals surface area contributed by atoms with Crippen molar-refractivity contribution in [3.8, 4) is 0 Å². The number of amides is 1. The highest BCUT2D eigenvalue weighted by Gasteiger charge is 2.08. The lowest BCUT2D eigenvalue weighted by Gasteiger charge is -2.23. The Bertz CT molecular complexity index is 387. The summed E-state index contributed by atoms with van der Waals surface area (Å²) in [5, 5.41) is 0. The van der Waals surface area contributed by atoms with Crippen molar-refractivity contribution >= 4 is 34.8 Å². The van der Waals surface area contributed by atoms with E-state index in [0.29, 0.717) is 18.2 Å². The SMILES string of the molecule is CN(C)C(=O)Cc1ccc(N(CCCl)CCCl)cc1. The van der Waals surface area contributed by atoms with Crippen LogP contribution in [0.25, 0.3) is 0 Å². The number of nitrogens with zero attached hydrogens (tertiary/aromatic N) is 2. The first kappa shape index (κ1) is 16.1. The van der Waals surface area contributed by atoms with E-state index >= 15 is 0 Å². The molecule has 0 saturated heterocycles. The first-order chi connectivity index (χ1) is 9.08. The van der Waals surface area contributed by atoms with Crippen LogP contribution in [0, 0.1) is 0 Å². The third-order valence-electron chi connectivity index (χ3n) is 2.86. The van der Waals surface area contributed by atoms with Crippen LogP contribution in [0.1, 0.15) is 5.56 Å². The van der Waals surface area contributed by atoms with Gasteiger partial charge in [-0.3, -0.25) is 4.79 Å². The van der Waals surface area contributed by atoms with Crippen LogP contribution in [-0.4, -0.2) is 49.8 Å². The van der Waals surface area contributed by atoms with Gasteiger partial charge in [-0.2, -0.15) is 0 Å². The Balaban J connectivity index is 2.71. The summed E-state index contributed by atoms with van der Waals surface area (Å²) in [4.78, 5) is 15.4. The maximum absolute atomic E-state index is 11.6. The molecule has 19 heavy (non-hydrogen) atoms. The number of hydrogen-bond donors (Lipinski definition) is 0. The van der Waals surface area contributed by atoms with Gasteiger partial charge in [-0.15, -0.1) is 23.2 Å². The van der Waals surface area contributed by atoms with Gasteiger partial charge in [-0.25, -0.2) is 0 Å². The van der Waals surface area contributed by atoms with Crippen LogP contribution in [0.4, 0.5) is 5.69 Å². The third-order valence-corrected chi connectivity index (χ3v) is 3.20. The van der Waals surface area contributed by atoms with Crippen LogP contribution in [0.2, 0.25) is 0 Å². The summed E-state index contributed by atoms with van der Waals surface area (Å²) in [5.41, 5.74) is 2.10. The lowest BCUT2D eigenvalue weighted by Crippen LogP contribution is -2.27. The molecule has 0 unspecified atom stereocenters. The molecule has 0 atom stereocenters. The molecule has 0 radical (unpaired) electrons. The maximum Gasteiger partial charge on any atom is 0.226 e. The number of benzene rings is 1. The molecule has 0 N–H and O–H groups in total. The second-order valence-corrected chi connectivity index (χ2v) is 5.25. The quantitative estimate of drug-likeness (QED) is 0.723. The van der Waals surface area contributed by atoms with Crippen molar-refractivity contribution in [2.75, 3.05) is 43.8 Å². The van der Waals surface area contributed by atoms with Gasteiger partial charge in [-0.1, -0.05) is 12.1 Å². The molecule has 1 amide bonds. The van der Waals surface area contributed by atoms with E-state index in [1.54, 1.807) is 19.0 Å². The zero-order chi connectivity index (χ0) is 14.3. The minimum atomic E-state index is 0.103. The van der Waals surface area contributed by atoms with Crippen LogP contribution in [-0.2, 0) is 11.2 Å². The molecule has 3 nitrogen and oxygen atoms in total. The fourth-order valence-corrected chi connectivity index (χ4v) is 2.14. The van der Waals surface area contributed by atoms with Gasteiger partial charge >= 0.3 is 0 Å². The Morgan fingerprint density at radius 3 is 2.00 bits per heavy atom. The summed E-state index contributed by atoms with van der Waals surface area (Å²) in [6.45, 7) is 1.54. The Kier molecular flexibility index (Phi) is 7.03. The topological polar surface area (TPSA) is 23.6 Å². The van der Waals surface area contributed by atoms with E-state index in [1.165, 1.54) is 0 Å². The summed E-state index contributed by atoms with van der Waals surface area (Å²) < 4.78 is 0. The smallest absolute Gasteiger partial charge is 0.226 e. The first-order valence-electron chi connectivity index (χ1n) is 6.24. The summed E-state index contributed by atoms with van der Waals surface area (Å²) in [7, 11) is 3.53. The monoisotopic (exact) mass is 302 g/mol. The predicted octanol–water partition coefficient (Wildman–Crippen LogP) is 2.60. The minimum Gasteiger partial charge on any atom is -0.369 e. The van der Waals surface area contributed by atoms with E-state index in [2.05, 4.69) is 4.90 Å². The Hall–Kier alpha value is -0.930. The molecule has 106 valence electrons. The van der Waals surface area contributed by atoms with Gasteiger partial charge in [-0.05, 0) is 17.7 Å². The van der Waals surface area contributed by atoms with Crippen molar-refractivity contribution in [3.63, 3.8) is 0 Å². The van der Waals surface area contributed by atoms with Gasteiger partial charge in [0.2, 0.25) is 5.91 Å². The van der Waals surface area contributed by atoms with Crippen LogP contribution in [0.15, 0.2) is 24.3 Å². The molecule has 0 saturated carbocycles. The molecule has 1 rings (SSSR count). The van der Waals surface area contributed by atoms with Crippen LogP contribution in [0.5, 0.6) is 0 Å². The zero-order valence-electron chi connectivity index (χ0n) is 11.4. The van der Waals surface area contributed by atoms with Crippen molar-refractivity contribution in [2.45, 2.75) is 6.42 Å². The number of carbonyl (C=O) groups is 1. The zero-order valence-corrected chi connectivity index (χ0v) is 12.9. The van der Waals surface area contributed by atoms with Gasteiger partial charge in [0.25, 0.3) is 0 Å². The molecular weight excluding hydrogens is 283 g/mol. The number of likely N-dealkylation sites (N-methyl/N-ethyl adjacent to an activating group) is 1. The van der Waals surface area contributed by atoms with Crippen molar-refractivity contribution in [2.24, 2.45) is 0 Å². The predicted molar refractivity (Wildman–Crippen MR) is 82.5 cm³/mol. The largest absolute Gasteiger partial charge is 0.369 e. The van der Waals surface area contributed by atoms with Crippen LogP contribution < -0.4 is 4.90 Å². The van der Waals surface area contributed by atoms with E-state index in [-0.39, 0.29) is 5.91 Å². The standard InChI is InChI=1S/C14H20Cl2N2O/c1-17(2)14(19)11-12-3-5-13(6-4-12)18(9-7-15)10-8-16/h3-6H,7-11H2,1-2H3. The fraction of sp³-hybridized carbons (Fsp3) is 0.500. The number of anilines is 1. The van der Waals surface area contributed by atoms with E-state index in [4.69, 9.17) is 23.2 Å². The van der Waals surface area contributed by atoms with Crippen molar-refractivity contribution < 1.29 is 4.79 Å². The van der Waals surface area contributed by atoms with Gasteiger partial charge in [0.1, 0.15) is 0 Å². The van der Waals surface area contributed by atoms with Gasteiger partial charge in [0, 0.05) is 44.6 Å². The van der Waals surface area contributed by atoms with Gasteiger partial charge < -0.3 is 9.80 Å². The molecule has 1 aromatic carbocycles. The highest BCUT2D eigenvalue weighted by atomic mass is 35.5. The second-order valence-electron chi connectivity index (χ2n) is 4.50. The first-order valence-corrected chi connectivity index (χ1v) is 7.31. The summed E-state index contributed by atoms with van der Waals surface area (Å²) in [5.74, 6) is 1.24. The minimum absolute atomic E-state index is 0.103. The number of halogens is 2. The van der Waals surface area contributed by atoms with Crippen molar-refractivity contribution in [1.82, 2.24) is 4.90 Å². The number of alkyl halides is 2. The number of carbonyl (C=O) groups excluding carboxylic acids is 1. The molecule has 0 heterocycles. The highest BCUT2D eigenvalue weighted by molar-refractivity contribution is 6.18. The molecule has 0 bridgehead atoms.